The Bertz CT molecular complexity index is 1090. The number of nitrogens with zero attached hydrogens (tertiary/aromatic N) is 5. The van der Waals surface area contributed by atoms with Gasteiger partial charge in [-0.1, -0.05) is 37.3 Å². The highest BCUT2D eigenvalue weighted by Crippen LogP contribution is 2.32. The van der Waals surface area contributed by atoms with Crippen molar-refractivity contribution in [1.29, 1.82) is 0 Å². The fourth-order valence-corrected chi connectivity index (χ4v) is 4.49. The van der Waals surface area contributed by atoms with Gasteiger partial charge in [-0.3, -0.25) is 4.79 Å². The summed E-state index contributed by atoms with van der Waals surface area (Å²) >= 11 is 0. The van der Waals surface area contributed by atoms with Crippen molar-refractivity contribution in [2.45, 2.75) is 44.3 Å². The number of aromatic nitrogens is 4. The van der Waals surface area contributed by atoms with E-state index in [1.165, 1.54) is 5.56 Å². The van der Waals surface area contributed by atoms with Gasteiger partial charge in [0.2, 0.25) is 5.91 Å². The van der Waals surface area contributed by atoms with Gasteiger partial charge in [0, 0.05) is 45.3 Å². The van der Waals surface area contributed by atoms with Crippen molar-refractivity contribution in [1.82, 2.24) is 25.1 Å². The molecular weight excluding hydrogens is 420 g/mol. The van der Waals surface area contributed by atoms with Gasteiger partial charge in [-0.05, 0) is 23.6 Å². The normalized spacial score (nSPS) is 18.6. The number of amides is 1. The molecule has 0 aliphatic carbocycles. The van der Waals surface area contributed by atoms with E-state index in [2.05, 4.69) is 39.5 Å². The number of nitrogens with one attached hydrogen (secondary N) is 1. The molecule has 174 valence electrons. The van der Waals surface area contributed by atoms with Crippen LogP contribution in [0.3, 0.4) is 0 Å². The quantitative estimate of drug-likeness (QED) is 0.590. The zero-order valence-electron chi connectivity index (χ0n) is 18.9. The summed E-state index contributed by atoms with van der Waals surface area (Å²) in [5, 5.41) is 16.3. The smallest absolute Gasteiger partial charge is 0.220 e. The summed E-state index contributed by atoms with van der Waals surface area (Å²) in [6.07, 6.45) is 2.47. The maximum absolute atomic E-state index is 12.4. The van der Waals surface area contributed by atoms with Crippen LogP contribution in [0.4, 0.5) is 5.82 Å². The molecule has 2 aliphatic rings. The minimum Gasteiger partial charge on any atom is -0.355 e. The van der Waals surface area contributed by atoms with Gasteiger partial charge < -0.3 is 19.7 Å². The Labute approximate surface area is 193 Å². The number of hydrogen-bond acceptors (Lipinski definition) is 7. The first-order chi connectivity index (χ1) is 16.1. The molecule has 33 heavy (non-hydrogen) atoms. The molecule has 9 heteroatoms. The van der Waals surface area contributed by atoms with E-state index in [0.29, 0.717) is 44.1 Å². The summed E-state index contributed by atoms with van der Waals surface area (Å²) < 4.78 is 13.4. The first-order valence-electron chi connectivity index (χ1n) is 11.7. The summed E-state index contributed by atoms with van der Waals surface area (Å²) in [5.41, 5.74) is 1.90. The first-order valence-corrected chi connectivity index (χ1v) is 11.7. The van der Waals surface area contributed by atoms with E-state index in [9.17, 15) is 4.79 Å². The molecular formula is C24H30N6O3. The number of benzene rings is 1. The molecule has 0 unspecified atom stereocenters. The third kappa shape index (κ3) is 4.84. The molecule has 2 aromatic heterocycles. The molecule has 2 saturated heterocycles. The fraction of sp³-hybridized carbons (Fsp3) is 0.500. The highest BCUT2D eigenvalue weighted by atomic mass is 16.7. The van der Waals surface area contributed by atoms with Crippen molar-refractivity contribution in [3.63, 3.8) is 0 Å². The van der Waals surface area contributed by atoms with Gasteiger partial charge in [0.05, 0.1) is 13.2 Å². The number of piperidine rings is 1. The molecule has 0 saturated carbocycles. The Balaban J connectivity index is 1.17. The lowest BCUT2D eigenvalue weighted by atomic mass is 10.0. The van der Waals surface area contributed by atoms with E-state index in [1.807, 2.05) is 30.3 Å². The van der Waals surface area contributed by atoms with E-state index in [0.717, 1.165) is 31.7 Å². The van der Waals surface area contributed by atoms with Crippen LogP contribution in [-0.4, -0.2) is 64.4 Å². The number of ether oxygens (including phenoxy) is 2. The van der Waals surface area contributed by atoms with Crippen LogP contribution in [0.1, 0.15) is 43.5 Å². The Kier molecular flexibility index (Phi) is 6.24. The number of fused-ring (bicyclic) bond motifs is 1. The minimum atomic E-state index is -0.409. The lowest BCUT2D eigenvalue weighted by Crippen LogP contribution is -2.45. The number of carbonyl (C=O) groups excluding carboxylic acids is 1. The summed E-state index contributed by atoms with van der Waals surface area (Å²) in [7, 11) is 0. The van der Waals surface area contributed by atoms with E-state index < -0.39 is 5.79 Å². The van der Waals surface area contributed by atoms with E-state index in [4.69, 9.17) is 14.6 Å². The number of anilines is 1. The molecule has 1 spiro atoms. The molecule has 1 N–H and O–H groups in total. The Morgan fingerprint density at radius 3 is 2.61 bits per heavy atom. The van der Waals surface area contributed by atoms with Gasteiger partial charge in [0.1, 0.15) is 5.82 Å². The van der Waals surface area contributed by atoms with Crippen molar-refractivity contribution < 1.29 is 14.3 Å². The van der Waals surface area contributed by atoms with Crippen molar-refractivity contribution in [2.75, 3.05) is 37.7 Å². The standard InChI is InChI=1S/C24H30N6O3/c1-18(19-5-3-2-4-6-19)17-25-23(31)10-9-21-27-26-20-7-8-22(28-30(20)21)29-13-11-24(12-14-29)32-15-16-33-24/h2-8,18H,9-17H2,1H3,(H,25,31)/t18-/m0/s1. The average Bonchev–Trinajstić information content (AvgIpc) is 3.49. The SMILES string of the molecule is C[C@@H](CNC(=O)CCc1nnc2ccc(N3CCC4(CC3)OCCO4)nn12)c1ccccc1. The van der Waals surface area contributed by atoms with Gasteiger partial charge >= 0.3 is 0 Å². The zero-order chi connectivity index (χ0) is 22.7. The molecule has 0 radical (unpaired) electrons. The Morgan fingerprint density at radius 2 is 1.85 bits per heavy atom. The lowest BCUT2D eigenvalue weighted by molar-refractivity contribution is -0.169. The van der Waals surface area contributed by atoms with Crippen LogP contribution in [0, 0.1) is 0 Å². The molecule has 2 aliphatic heterocycles. The van der Waals surface area contributed by atoms with E-state index in [1.54, 1.807) is 4.52 Å². The molecule has 9 nitrogen and oxygen atoms in total. The van der Waals surface area contributed by atoms with Crippen LogP contribution in [0.2, 0.25) is 0 Å². The number of rotatable bonds is 7. The zero-order valence-corrected chi connectivity index (χ0v) is 18.9. The van der Waals surface area contributed by atoms with Gasteiger partial charge in [-0.2, -0.15) is 4.52 Å². The number of hydrogen-bond donors (Lipinski definition) is 1. The molecule has 3 aromatic rings. The number of aryl methyl sites for hydroxylation is 1. The van der Waals surface area contributed by atoms with Crippen LogP contribution in [-0.2, 0) is 20.7 Å². The van der Waals surface area contributed by atoms with Crippen LogP contribution >= 0.6 is 0 Å². The fourth-order valence-electron chi connectivity index (χ4n) is 4.49. The minimum absolute atomic E-state index is 0.00331. The molecule has 1 aromatic carbocycles. The van der Waals surface area contributed by atoms with Crippen LogP contribution in [0.25, 0.3) is 5.65 Å². The molecule has 1 atom stereocenters. The summed E-state index contributed by atoms with van der Waals surface area (Å²) in [5.74, 6) is 1.42. The highest BCUT2D eigenvalue weighted by molar-refractivity contribution is 5.76. The maximum Gasteiger partial charge on any atom is 0.220 e. The van der Waals surface area contributed by atoms with Gasteiger partial charge in [0.15, 0.2) is 17.3 Å². The first kappa shape index (κ1) is 21.8. The van der Waals surface area contributed by atoms with Crippen LogP contribution in [0.15, 0.2) is 42.5 Å². The second-order valence-electron chi connectivity index (χ2n) is 8.79. The molecule has 0 bridgehead atoms. The molecule has 4 heterocycles. The van der Waals surface area contributed by atoms with Crippen molar-refractivity contribution >= 4 is 17.4 Å². The molecule has 5 rings (SSSR count). The third-order valence-corrected chi connectivity index (χ3v) is 6.53. The Hall–Kier alpha value is -3.04. The Morgan fingerprint density at radius 1 is 1.09 bits per heavy atom. The van der Waals surface area contributed by atoms with E-state index in [-0.39, 0.29) is 11.8 Å². The molecule has 2 fully saturated rings. The maximum atomic E-state index is 12.4. The average molecular weight is 451 g/mol. The van der Waals surface area contributed by atoms with Crippen molar-refractivity contribution in [3.05, 3.63) is 53.9 Å². The predicted molar refractivity (Wildman–Crippen MR) is 123 cm³/mol. The lowest BCUT2D eigenvalue weighted by Gasteiger charge is -2.38. The van der Waals surface area contributed by atoms with Crippen molar-refractivity contribution in [3.8, 4) is 0 Å². The molecule has 1 amide bonds. The van der Waals surface area contributed by atoms with Gasteiger partial charge in [0.25, 0.3) is 0 Å². The summed E-state index contributed by atoms with van der Waals surface area (Å²) in [4.78, 5) is 14.7. The van der Waals surface area contributed by atoms with Crippen LogP contribution < -0.4 is 10.2 Å². The van der Waals surface area contributed by atoms with Crippen molar-refractivity contribution in [2.24, 2.45) is 0 Å². The monoisotopic (exact) mass is 450 g/mol. The van der Waals surface area contributed by atoms with Gasteiger partial charge in [-0.15, -0.1) is 15.3 Å². The van der Waals surface area contributed by atoms with E-state index >= 15 is 0 Å². The summed E-state index contributed by atoms with van der Waals surface area (Å²) in [6.45, 7) is 5.70. The second-order valence-corrected chi connectivity index (χ2v) is 8.79. The summed E-state index contributed by atoms with van der Waals surface area (Å²) in [6, 6.07) is 14.1. The second kappa shape index (κ2) is 9.44. The predicted octanol–water partition coefficient (Wildman–Crippen LogP) is 2.32. The number of carbonyl (C=O) groups is 1. The third-order valence-electron chi connectivity index (χ3n) is 6.53. The van der Waals surface area contributed by atoms with Gasteiger partial charge in [-0.25, -0.2) is 0 Å². The van der Waals surface area contributed by atoms with Crippen LogP contribution in [0.5, 0.6) is 0 Å². The topological polar surface area (TPSA) is 93.9 Å². The largest absolute Gasteiger partial charge is 0.355 e. The highest BCUT2D eigenvalue weighted by Gasteiger charge is 2.40.